The fourth-order valence-electron chi connectivity index (χ4n) is 2.62. The lowest BCUT2D eigenvalue weighted by atomic mass is 10.1. The number of pyridine rings is 1. The first kappa shape index (κ1) is 18.8. The third-order valence-corrected chi connectivity index (χ3v) is 4.93. The van der Waals surface area contributed by atoms with Crippen LogP contribution in [0.2, 0.25) is 0 Å². The number of rotatable bonds is 7. The molecule has 0 unspecified atom stereocenters. The van der Waals surface area contributed by atoms with Gasteiger partial charge in [-0.05, 0) is 18.2 Å². The van der Waals surface area contributed by atoms with E-state index in [1.807, 2.05) is 0 Å². The molecule has 0 spiro atoms. The van der Waals surface area contributed by atoms with Gasteiger partial charge in [0.1, 0.15) is 5.56 Å². The maximum atomic E-state index is 12.2. The summed E-state index contributed by atoms with van der Waals surface area (Å²) in [6.07, 6.45) is 1.50. The van der Waals surface area contributed by atoms with Crippen LogP contribution in [-0.4, -0.2) is 43.9 Å². The van der Waals surface area contributed by atoms with Crippen LogP contribution < -0.4 is 19.5 Å². The van der Waals surface area contributed by atoms with Crippen molar-refractivity contribution in [3.05, 3.63) is 41.6 Å². The number of methoxy groups -OCH3 is 3. The largest absolute Gasteiger partial charge is 0.493 e. The molecule has 27 heavy (non-hydrogen) atoms. The average molecular weight is 390 g/mol. The Morgan fingerprint density at radius 2 is 2.00 bits per heavy atom. The molecule has 9 heteroatoms. The lowest BCUT2D eigenvalue weighted by Gasteiger charge is -2.12. The topological polar surface area (TPSA) is 96.0 Å². The minimum Gasteiger partial charge on any atom is -0.493 e. The van der Waals surface area contributed by atoms with Crippen LogP contribution in [0, 0.1) is 0 Å². The summed E-state index contributed by atoms with van der Waals surface area (Å²) in [5.74, 6) is 0.592. The number of aromatic nitrogens is 1. The van der Waals surface area contributed by atoms with E-state index in [4.69, 9.17) is 18.9 Å². The Labute approximate surface area is 160 Å². The second-order valence-corrected chi connectivity index (χ2v) is 6.50. The summed E-state index contributed by atoms with van der Waals surface area (Å²) >= 11 is 1.20. The quantitative estimate of drug-likeness (QED) is 0.721. The van der Waals surface area contributed by atoms with Crippen molar-refractivity contribution in [2.45, 2.75) is 5.44 Å². The zero-order valence-electron chi connectivity index (χ0n) is 15.0. The van der Waals surface area contributed by atoms with Gasteiger partial charge in [-0.15, -0.1) is 11.8 Å². The van der Waals surface area contributed by atoms with E-state index in [9.17, 15) is 9.59 Å². The molecule has 0 radical (unpaired) electrons. The number of thioether (sulfide) groups is 1. The smallest absolute Gasteiger partial charge is 0.344 e. The van der Waals surface area contributed by atoms with Crippen molar-refractivity contribution >= 4 is 29.3 Å². The number of esters is 1. The van der Waals surface area contributed by atoms with Gasteiger partial charge in [-0.3, -0.25) is 4.79 Å². The van der Waals surface area contributed by atoms with Crippen molar-refractivity contribution in [3.63, 3.8) is 0 Å². The van der Waals surface area contributed by atoms with Gasteiger partial charge in [0.2, 0.25) is 11.8 Å². The molecule has 0 saturated carbocycles. The number of carbonyl (C=O) groups is 2. The van der Waals surface area contributed by atoms with Crippen LogP contribution in [-0.2, 0) is 9.53 Å². The molecular formula is C18H18N2O6S. The number of hydrogen-bond donors (Lipinski definition) is 1. The molecule has 3 rings (SSSR count). The van der Waals surface area contributed by atoms with Crippen LogP contribution >= 0.6 is 11.8 Å². The van der Waals surface area contributed by atoms with Gasteiger partial charge in [0, 0.05) is 11.6 Å². The normalized spacial score (nSPS) is 14.9. The minimum absolute atomic E-state index is 0.0950. The van der Waals surface area contributed by atoms with Crippen LogP contribution in [0.3, 0.4) is 0 Å². The zero-order chi connectivity index (χ0) is 19.4. The van der Waals surface area contributed by atoms with Crippen molar-refractivity contribution in [2.24, 2.45) is 0 Å². The SMILES string of the molecule is COc1ccc(NC(=O)CS[C@H]2OC(=O)c3c2ccc(OC)c3OC)cn1. The molecule has 0 fully saturated rings. The molecule has 2 aromatic rings. The van der Waals surface area contributed by atoms with Crippen molar-refractivity contribution in [1.29, 1.82) is 0 Å². The number of amides is 1. The lowest BCUT2D eigenvalue weighted by molar-refractivity contribution is -0.113. The number of carbonyl (C=O) groups excluding carboxylic acids is 2. The van der Waals surface area contributed by atoms with E-state index in [0.717, 1.165) is 0 Å². The number of benzene rings is 1. The van der Waals surface area contributed by atoms with E-state index in [1.54, 1.807) is 24.3 Å². The van der Waals surface area contributed by atoms with Gasteiger partial charge < -0.3 is 24.3 Å². The number of cyclic esters (lactones) is 1. The Morgan fingerprint density at radius 1 is 1.19 bits per heavy atom. The van der Waals surface area contributed by atoms with Crippen LogP contribution in [0.4, 0.5) is 5.69 Å². The monoisotopic (exact) mass is 390 g/mol. The van der Waals surface area contributed by atoms with E-state index in [0.29, 0.717) is 34.2 Å². The first-order valence-electron chi connectivity index (χ1n) is 7.94. The number of ether oxygens (including phenoxy) is 4. The van der Waals surface area contributed by atoms with Crippen molar-refractivity contribution in [3.8, 4) is 17.4 Å². The second kappa shape index (κ2) is 8.17. The zero-order valence-corrected chi connectivity index (χ0v) is 15.8. The van der Waals surface area contributed by atoms with Gasteiger partial charge in [-0.2, -0.15) is 0 Å². The highest BCUT2D eigenvalue weighted by molar-refractivity contribution is 8.00. The van der Waals surface area contributed by atoms with E-state index in [2.05, 4.69) is 10.3 Å². The number of nitrogens with zero attached hydrogens (tertiary/aromatic N) is 1. The molecule has 1 aromatic heterocycles. The number of fused-ring (bicyclic) bond motifs is 1. The molecule has 1 aromatic carbocycles. The first-order valence-corrected chi connectivity index (χ1v) is 8.99. The molecule has 2 heterocycles. The summed E-state index contributed by atoms with van der Waals surface area (Å²) in [5, 5.41) is 2.73. The van der Waals surface area contributed by atoms with E-state index < -0.39 is 11.4 Å². The number of hydrogen-bond acceptors (Lipinski definition) is 8. The highest BCUT2D eigenvalue weighted by Crippen LogP contribution is 2.45. The summed E-state index contributed by atoms with van der Waals surface area (Å²) in [7, 11) is 4.47. The van der Waals surface area contributed by atoms with Gasteiger partial charge in [-0.25, -0.2) is 9.78 Å². The predicted molar refractivity (Wildman–Crippen MR) is 99.6 cm³/mol. The standard InChI is InChI=1S/C18H18N2O6S/c1-23-12-6-5-11-15(16(12)25-3)17(22)26-18(11)27-9-13(21)20-10-4-7-14(24-2)19-8-10/h4-8,18H,9H2,1-3H3,(H,20,21)/t18-/m1/s1. The Balaban J connectivity index is 1.66. The van der Waals surface area contributed by atoms with Crippen LogP contribution in [0.15, 0.2) is 30.5 Å². The maximum Gasteiger partial charge on any atom is 0.344 e. The van der Waals surface area contributed by atoms with Gasteiger partial charge in [0.05, 0.1) is 39.0 Å². The summed E-state index contributed by atoms with van der Waals surface area (Å²) in [6, 6.07) is 6.79. The van der Waals surface area contributed by atoms with Crippen LogP contribution in [0.25, 0.3) is 0 Å². The molecule has 1 aliphatic rings. The van der Waals surface area contributed by atoms with Crippen molar-refractivity contribution < 1.29 is 28.5 Å². The first-order chi connectivity index (χ1) is 13.1. The molecule has 1 atom stereocenters. The number of nitrogens with one attached hydrogen (secondary N) is 1. The Bertz CT molecular complexity index is 856. The van der Waals surface area contributed by atoms with E-state index >= 15 is 0 Å². The fourth-order valence-corrected chi connectivity index (χ4v) is 3.52. The molecule has 8 nitrogen and oxygen atoms in total. The third-order valence-electron chi connectivity index (χ3n) is 3.85. The summed E-state index contributed by atoms with van der Waals surface area (Å²) in [6.45, 7) is 0. The molecule has 142 valence electrons. The molecule has 1 N–H and O–H groups in total. The average Bonchev–Trinajstić information content (AvgIpc) is 3.02. The summed E-state index contributed by atoms with van der Waals surface area (Å²) in [4.78, 5) is 28.4. The van der Waals surface area contributed by atoms with Crippen molar-refractivity contribution in [2.75, 3.05) is 32.4 Å². The fraction of sp³-hybridized carbons (Fsp3) is 0.278. The second-order valence-electron chi connectivity index (χ2n) is 5.45. The highest BCUT2D eigenvalue weighted by Gasteiger charge is 2.36. The van der Waals surface area contributed by atoms with Crippen LogP contribution in [0.5, 0.6) is 17.4 Å². The molecular weight excluding hydrogens is 372 g/mol. The van der Waals surface area contributed by atoms with Gasteiger partial charge in [0.15, 0.2) is 16.9 Å². The third kappa shape index (κ3) is 3.92. The van der Waals surface area contributed by atoms with E-state index in [1.165, 1.54) is 39.3 Å². The van der Waals surface area contributed by atoms with E-state index in [-0.39, 0.29) is 11.7 Å². The van der Waals surface area contributed by atoms with Crippen LogP contribution in [0.1, 0.15) is 21.4 Å². The summed E-state index contributed by atoms with van der Waals surface area (Å²) < 4.78 is 20.9. The Kier molecular flexibility index (Phi) is 5.70. The Hall–Kier alpha value is -2.94. The van der Waals surface area contributed by atoms with Gasteiger partial charge in [0.25, 0.3) is 0 Å². The lowest BCUT2D eigenvalue weighted by Crippen LogP contribution is -2.15. The Morgan fingerprint density at radius 3 is 2.63 bits per heavy atom. The molecule has 0 aliphatic carbocycles. The molecule has 0 saturated heterocycles. The molecule has 0 bridgehead atoms. The van der Waals surface area contributed by atoms with Gasteiger partial charge in [-0.1, -0.05) is 0 Å². The van der Waals surface area contributed by atoms with Gasteiger partial charge >= 0.3 is 5.97 Å². The molecule has 1 aliphatic heterocycles. The highest BCUT2D eigenvalue weighted by atomic mass is 32.2. The predicted octanol–water partition coefficient (Wildman–Crippen LogP) is 2.65. The maximum absolute atomic E-state index is 12.2. The minimum atomic E-state index is -0.591. The summed E-state index contributed by atoms with van der Waals surface area (Å²) in [5.41, 5.74) is 0.944. The van der Waals surface area contributed by atoms with Crippen molar-refractivity contribution in [1.82, 2.24) is 4.98 Å². The number of anilines is 1. The molecule has 1 amide bonds.